The van der Waals surface area contributed by atoms with Crippen LogP contribution in [0.1, 0.15) is 22.5 Å². The number of sulfonamides is 1. The van der Waals surface area contributed by atoms with E-state index in [2.05, 4.69) is 10.4 Å². The van der Waals surface area contributed by atoms with Crippen molar-refractivity contribution in [2.45, 2.75) is 24.3 Å². The number of carbonyl (C=O) groups excluding carboxylic acids is 1. The standard InChI is InChI=1S/C18H22N4O3S/c1-12-3-5-14(6-4-12)26(24,25)22-10-13-9-17(15(13)11-22)19-18(23)16-7-8-21(2)20-16/h3-8,13,15,17H,9-11H2,1-2H3,(H,19,23)/t13-,15+,17+/m1/s1. The molecule has 7 nitrogen and oxygen atoms in total. The van der Waals surface area contributed by atoms with Crippen LogP contribution < -0.4 is 5.32 Å². The van der Waals surface area contributed by atoms with Crippen LogP contribution in [0.3, 0.4) is 0 Å². The third-order valence-corrected chi connectivity index (χ3v) is 7.30. The first-order valence-corrected chi connectivity index (χ1v) is 10.2. The smallest absolute Gasteiger partial charge is 0.272 e. The summed E-state index contributed by atoms with van der Waals surface area (Å²) in [5.74, 6) is 0.279. The number of amides is 1. The molecule has 3 atom stereocenters. The molecule has 1 aromatic carbocycles. The maximum atomic E-state index is 12.8. The van der Waals surface area contributed by atoms with Gasteiger partial charge in [-0.15, -0.1) is 0 Å². The van der Waals surface area contributed by atoms with E-state index in [-0.39, 0.29) is 17.9 Å². The molecule has 2 aromatic rings. The molecule has 4 rings (SSSR count). The van der Waals surface area contributed by atoms with Crippen molar-refractivity contribution in [3.05, 3.63) is 47.8 Å². The quantitative estimate of drug-likeness (QED) is 0.871. The van der Waals surface area contributed by atoms with Gasteiger partial charge in [0.2, 0.25) is 10.0 Å². The van der Waals surface area contributed by atoms with Crippen LogP contribution in [-0.2, 0) is 17.1 Å². The summed E-state index contributed by atoms with van der Waals surface area (Å²) in [4.78, 5) is 12.6. The van der Waals surface area contributed by atoms with Gasteiger partial charge in [-0.05, 0) is 43.4 Å². The second-order valence-corrected chi connectivity index (χ2v) is 9.19. The fourth-order valence-corrected chi connectivity index (χ4v) is 5.40. The molecule has 138 valence electrons. The Labute approximate surface area is 153 Å². The van der Waals surface area contributed by atoms with Crippen LogP contribution in [-0.4, -0.2) is 47.5 Å². The van der Waals surface area contributed by atoms with Gasteiger partial charge in [-0.25, -0.2) is 8.42 Å². The molecule has 0 bridgehead atoms. The lowest BCUT2D eigenvalue weighted by molar-refractivity contribution is 0.0827. The van der Waals surface area contributed by atoms with E-state index in [0.717, 1.165) is 12.0 Å². The minimum Gasteiger partial charge on any atom is -0.348 e. The van der Waals surface area contributed by atoms with Crippen LogP contribution >= 0.6 is 0 Å². The van der Waals surface area contributed by atoms with Crippen molar-refractivity contribution in [1.82, 2.24) is 19.4 Å². The van der Waals surface area contributed by atoms with E-state index in [0.29, 0.717) is 29.6 Å². The molecule has 2 fully saturated rings. The first-order chi connectivity index (χ1) is 12.3. The third-order valence-electron chi connectivity index (χ3n) is 5.45. The summed E-state index contributed by atoms with van der Waals surface area (Å²) in [6, 6.07) is 8.62. The number of fused-ring (bicyclic) bond motifs is 1. The van der Waals surface area contributed by atoms with Gasteiger partial charge in [-0.1, -0.05) is 17.7 Å². The summed E-state index contributed by atoms with van der Waals surface area (Å²) in [7, 11) is -1.71. The summed E-state index contributed by atoms with van der Waals surface area (Å²) >= 11 is 0. The van der Waals surface area contributed by atoms with Crippen LogP contribution in [0.25, 0.3) is 0 Å². The molecule has 1 amide bonds. The van der Waals surface area contributed by atoms with Gasteiger partial charge in [0.1, 0.15) is 5.69 Å². The SMILES string of the molecule is Cc1ccc(S(=O)(=O)N2C[C@H]3C[C@H](NC(=O)c4ccn(C)n4)[C@H]3C2)cc1. The van der Waals surface area contributed by atoms with Crippen LogP contribution in [0.15, 0.2) is 41.4 Å². The molecule has 2 heterocycles. The van der Waals surface area contributed by atoms with Crippen molar-refractivity contribution in [3.63, 3.8) is 0 Å². The van der Waals surface area contributed by atoms with E-state index in [9.17, 15) is 13.2 Å². The van der Waals surface area contributed by atoms with E-state index in [1.165, 1.54) is 0 Å². The van der Waals surface area contributed by atoms with Crippen LogP contribution in [0, 0.1) is 18.8 Å². The molecule has 2 aliphatic rings. The molecule has 1 aromatic heterocycles. The Morgan fingerprint density at radius 3 is 2.58 bits per heavy atom. The second kappa shape index (κ2) is 6.21. The number of nitrogens with zero attached hydrogens (tertiary/aromatic N) is 3. The number of hydrogen-bond acceptors (Lipinski definition) is 4. The summed E-state index contributed by atoms with van der Waals surface area (Å²) in [5, 5.41) is 7.11. The maximum absolute atomic E-state index is 12.8. The fourth-order valence-electron chi connectivity index (χ4n) is 3.87. The largest absolute Gasteiger partial charge is 0.348 e. The molecule has 0 radical (unpaired) electrons. The van der Waals surface area contributed by atoms with E-state index >= 15 is 0 Å². The lowest BCUT2D eigenvalue weighted by atomic mass is 9.71. The molecule has 8 heteroatoms. The Morgan fingerprint density at radius 1 is 1.19 bits per heavy atom. The second-order valence-electron chi connectivity index (χ2n) is 7.25. The van der Waals surface area contributed by atoms with Crippen LogP contribution in [0.4, 0.5) is 0 Å². The molecular weight excluding hydrogens is 352 g/mol. The first-order valence-electron chi connectivity index (χ1n) is 8.72. The molecule has 0 spiro atoms. The summed E-state index contributed by atoms with van der Waals surface area (Å²) < 4.78 is 28.8. The zero-order valence-corrected chi connectivity index (χ0v) is 15.6. The van der Waals surface area contributed by atoms with Gasteiger partial charge in [0.05, 0.1) is 4.90 Å². The summed E-state index contributed by atoms with van der Waals surface area (Å²) in [5.41, 5.74) is 1.42. The average molecular weight is 374 g/mol. The molecule has 1 aliphatic carbocycles. The number of benzene rings is 1. The van der Waals surface area contributed by atoms with Crippen molar-refractivity contribution in [2.24, 2.45) is 18.9 Å². The number of nitrogens with one attached hydrogen (secondary N) is 1. The lowest BCUT2D eigenvalue weighted by Crippen LogP contribution is -2.52. The Morgan fingerprint density at radius 2 is 1.92 bits per heavy atom. The van der Waals surface area contributed by atoms with Crippen LogP contribution in [0.5, 0.6) is 0 Å². The molecular formula is C18H22N4O3S. The first kappa shape index (κ1) is 17.2. The predicted molar refractivity (Wildman–Crippen MR) is 96.0 cm³/mol. The minimum atomic E-state index is -3.48. The van der Waals surface area contributed by atoms with Crippen molar-refractivity contribution in [3.8, 4) is 0 Å². The zero-order valence-electron chi connectivity index (χ0n) is 14.8. The van der Waals surface area contributed by atoms with E-state index in [1.807, 2.05) is 19.1 Å². The van der Waals surface area contributed by atoms with Gasteiger partial charge in [0, 0.05) is 32.4 Å². The Balaban J connectivity index is 1.42. The van der Waals surface area contributed by atoms with Gasteiger partial charge in [-0.3, -0.25) is 9.48 Å². The topological polar surface area (TPSA) is 84.3 Å². The third kappa shape index (κ3) is 2.93. The summed E-state index contributed by atoms with van der Waals surface area (Å²) in [6.45, 7) is 2.91. The average Bonchev–Trinajstić information content (AvgIpc) is 3.17. The highest BCUT2D eigenvalue weighted by molar-refractivity contribution is 7.89. The molecule has 1 aliphatic heterocycles. The lowest BCUT2D eigenvalue weighted by Gasteiger charge is -2.39. The highest BCUT2D eigenvalue weighted by Gasteiger charge is 2.50. The summed E-state index contributed by atoms with van der Waals surface area (Å²) in [6.07, 6.45) is 2.53. The van der Waals surface area contributed by atoms with Crippen molar-refractivity contribution >= 4 is 15.9 Å². The monoisotopic (exact) mass is 374 g/mol. The molecule has 1 saturated heterocycles. The Hall–Kier alpha value is -2.19. The highest BCUT2D eigenvalue weighted by atomic mass is 32.2. The molecule has 1 saturated carbocycles. The van der Waals surface area contributed by atoms with Gasteiger partial charge in [-0.2, -0.15) is 9.40 Å². The zero-order chi connectivity index (χ0) is 18.5. The van der Waals surface area contributed by atoms with E-state index in [1.54, 1.807) is 40.4 Å². The number of aromatic nitrogens is 2. The highest BCUT2D eigenvalue weighted by Crippen LogP contribution is 2.42. The van der Waals surface area contributed by atoms with Crippen molar-refractivity contribution in [1.29, 1.82) is 0 Å². The molecule has 26 heavy (non-hydrogen) atoms. The normalized spacial score (nSPS) is 25.5. The predicted octanol–water partition coefficient (Wildman–Crippen LogP) is 1.17. The van der Waals surface area contributed by atoms with Gasteiger partial charge in [0.15, 0.2) is 0 Å². The Kier molecular flexibility index (Phi) is 4.11. The maximum Gasteiger partial charge on any atom is 0.272 e. The number of hydrogen-bond donors (Lipinski definition) is 1. The van der Waals surface area contributed by atoms with Crippen molar-refractivity contribution < 1.29 is 13.2 Å². The number of rotatable bonds is 4. The minimum absolute atomic E-state index is 0.00715. The van der Waals surface area contributed by atoms with E-state index in [4.69, 9.17) is 0 Å². The fraction of sp³-hybridized carbons (Fsp3) is 0.444. The molecule has 0 unspecified atom stereocenters. The molecule has 1 N–H and O–H groups in total. The van der Waals surface area contributed by atoms with E-state index < -0.39 is 10.0 Å². The van der Waals surface area contributed by atoms with Gasteiger partial charge < -0.3 is 5.32 Å². The van der Waals surface area contributed by atoms with Gasteiger partial charge in [0.25, 0.3) is 5.91 Å². The van der Waals surface area contributed by atoms with Crippen LogP contribution in [0.2, 0.25) is 0 Å². The van der Waals surface area contributed by atoms with Gasteiger partial charge >= 0.3 is 0 Å². The Bertz CT molecular complexity index is 936. The number of aryl methyl sites for hydroxylation is 2. The number of carbonyl (C=O) groups is 1. The van der Waals surface area contributed by atoms with Crippen molar-refractivity contribution in [2.75, 3.05) is 13.1 Å².